The van der Waals surface area contributed by atoms with Gasteiger partial charge in [-0.3, -0.25) is 9.69 Å². The number of aliphatic hydroxyl groups excluding tert-OH is 1. The predicted molar refractivity (Wildman–Crippen MR) is 135 cm³/mol. The highest BCUT2D eigenvalue weighted by atomic mass is 16.5. The van der Waals surface area contributed by atoms with Gasteiger partial charge in [-0.2, -0.15) is 0 Å². The van der Waals surface area contributed by atoms with E-state index in [2.05, 4.69) is 34.2 Å². The zero-order chi connectivity index (χ0) is 25.5. The van der Waals surface area contributed by atoms with Gasteiger partial charge in [-0.1, -0.05) is 25.5 Å². The average Bonchev–Trinajstić information content (AvgIpc) is 3.36. The fraction of sp³-hybridized carbons (Fsp3) is 0.444. The molecule has 1 fully saturated rings. The number of nitrogens with zero attached hydrogens (tertiary/aromatic N) is 4. The summed E-state index contributed by atoms with van der Waals surface area (Å²) in [7, 11) is 1.60. The van der Waals surface area contributed by atoms with Gasteiger partial charge in [0.25, 0.3) is 0 Å². The first kappa shape index (κ1) is 25.7. The van der Waals surface area contributed by atoms with Gasteiger partial charge in [0.15, 0.2) is 0 Å². The molecule has 0 spiro atoms. The smallest absolute Gasteiger partial charge is 0.311 e. The van der Waals surface area contributed by atoms with Crippen molar-refractivity contribution in [2.75, 3.05) is 39.9 Å². The molecule has 1 aromatic heterocycles. The van der Waals surface area contributed by atoms with E-state index in [1.165, 1.54) is 5.56 Å². The second kappa shape index (κ2) is 12.0. The van der Waals surface area contributed by atoms with Crippen molar-refractivity contribution in [3.63, 3.8) is 0 Å². The van der Waals surface area contributed by atoms with Gasteiger partial charge in [-0.15, -0.1) is 10.2 Å². The van der Waals surface area contributed by atoms with Crippen molar-refractivity contribution in [1.82, 2.24) is 20.0 Å². The van der Waals surface area contributed by atoms with Crippen LogP contribution in [0.25, 0.3) is 11.5 Å². The lowest BCUT2D eigenvalue weighted by molar-refractivity contribution is 0.0147. The third-order valence-electron chi connectivity index (χ3n) is 6.26. The minimum Gasteiger partial charge on any atom is -0.497 e. The molecule has 9 nitrogen and oxygen atoms in total. The van der Waals surface area contributed by atoms with Crippen LogP contribution in [0.5, 0.6) is 11.5 Å². The normalized spacial score (nSPS) is 13.6. The summed E-state index contributed by atoms with van der Waals surface area (Å²) in [5.74, 6) is 1.50. The number of benzene rings is 2. The van der Waals surface area contributed by atoms with Crippen LogP contribution in [0.1, 0.15) is 41.6 Å². The molecular formula is C27H34N4O5. The molecule has 36 heavy (non-hydrogen) atoms. The molecule has 0 radical (unpaired) electrons. The number of carbonyl (C=O) groups is 1. The predicted octanol–water partition coefficient (Wildman–Crippen LogP) is 3.55. The number of aryl methyl sites for hydroxylation is 1. The van der Waals surface area contributed by atoms with Crippen LogP contribution in [0.2, 0.25) is 0 Å². The lowest BCUT2D eigenvalue weighted by Crippen LogP contribution is -2.56. The Morgan fingerprint density at radius 1 is 1.17 bits per heavy atom. The second-order valence-corrected chi connectivity index (χ2v) is 9.04. The number of rotatable bonds is 12. The lowest BCUT2D eigenvalue weighted by Gasteiger charge is -2.38. The minimum absolute atomic E-state index is 0.0321. The number of carbonyl (C=O) groups excluding carboxylic acids is 1. The molecule has 2 aromatic carbocycles. The van der Waals surface area contributed by atoms with E-state index < -0.39 is 0 Å². The van der Waals surface area contributed by atoms with E-state index in [0.29, 0.717) is 19.6 Å². The quantitative estimate of drug-likeness (QED) is 0.408. The first-order chi connectivity index (χ1) is 17.5. The summed E-state index contributed by atoms with van der Waals surface area (Å²) in [4.78, 5) is 16.7. The summed E-state index contributed by atoms with van der Waals surface area (Å²) in [6.45, 7) is 7.73. The van der Waals surface area contributed by atoms with Gasteiger partial charge in [-0.05, 0) is 61.3 Å². The number of unbranched alkanes of at least 4 members (excludes halogenated alkanes) is 1. The Balaban J connectivity index is 1.29. The van der Waals surface area contributed by atoms with Gasteiger partial charge in [0, 0.05) is 18.7 Å². The Bertz CT molecular complexity index is 1140. The molecule has 4 rings (SSSR count). The van der Waals surface area contributed by atoms with E-state index in [1.54, 1.807) is 36.3 Å². The Labute approximate surface area is 211 Å². The Kier molecular flexibility index (Phi) is 8.56. The van der Waals surface area contributed by atoms with Crippen LogP contribution in [0.4, 0.5) is 0 Å². The summed E-state index contributed by atoms with van der Waals surface area (Å²) in [5.41, 5.74) is 2.97. The molecule has 1 N–H and O–H groups in total. The molecule has 0 aliphatic carbocycles. The summed E-state index contributed by atoms with van der Waals surface area (Å²) in [5, 5.41) is 17.3. The van der Waals surface area contributed by atoms with Gasteiger partial charge in [0.1, 0.15) is 17.6 Å². The number of aromatic nitrogens is 2. The van der Waals surface area contributed by atoms with E-state index in [9.17, 15) is 9.90 Å². The number of aliphatic hydroxyl groups is 1. The Morgan fingerprint density at radius 2 is 1.94 bits per heavy atom. The first-order valence-electron chi connectivity index (χ1n) is 12.4. The molecule has 9 heteroatoms. The molecule has 3 aromatic rings. The van der Waals surface area contributed by atoms with Crippen molar-refractivity contribution < 1.29 is 23.8 Å². The third kappa shape index (κ3) is 6.22. The maximum absolute atomic E-state index is 12.7. The van der Waals surface area contributed by atoms with Crippen molar-refractivity contribution in [3.8, 4) is 23.0 Å². The molecule has 1 saturated heterocycles. The molecule has 0 atom stereocenters. The van der Waals surface area contributed by atoms with E-state index in [-0.39, 0.29) is 30.4 Å². The molecule has 192 valence electrons. The van der Waals surface area contributed by atoms with Crippen LogP contribution >= 0.6 is 0 Å². The summed E-state index contributed by atoms with van der Waals surface area (Å²) < 4.78 is 16.9. The average molecular weight is 495 g/mol. The van der Waals surface area contributed by atoms with Gasteiger partial charge in [-0.25, -0.2) is 0 Å². The highest BCUT2D eigenvalue weighted by Gasteiger charge is 2.35. The largest absolute Gasteiger partial charge is 0.497 e. The molecule has 1 aliphatic heterocycles. The Morgan fingerprint density at radius 3 is 2.61 bits per heavy atom. The van der Waals surface area contributed by atoms with E-state index in [0.717, 1.165) is 48.6 Å². The Hall–Kier alpha value is -3.43. The highest BCUT2D eigenvalue weighted by Crippen LogP contribution is 2.26. The van der Waals surface area contributed by atoms with E-state index in [1.807, 2.05) is 13.0 Å². The third-order valence-corrected chi connectivity index (χ3v) is 6.26. The number of hydrogen-bond donors (Lipinski definition) is 1. The molecule has 1 aliphatic rings. The van der Waals surface area contributed by atoms with Crippen molar-refractivity contribution in [3.05, 3.63) is 59.5 Å². The highest BCUT2D eigenvalue weighted by molar-refractivity contribution is 5.90. The van der Waals surface area contributed by atoms with Crippen molar-refractivity contribution in [1.29, 1.82) is 0 Å². The number of ether oxygens (including phenoxy) is 2. The monoisotopic (exact) mass is 494 g/mol. The molecule has 0 unspecified atom stereocenters. The van der Waals surface area contributed by atoms with Crippen molar-refractivity contribution >= 4 is 5.91 Å². The van der Waals surface area contributed by atoms with Crippen LogP contribution in [-0.2, 0) is 6.54 Å². The zero-order valence-electron chi connectivity index (χ0n) is 21.1. The van der Waals surface area contributed by atoms with Gasteiger partial charge in [0.05, 0.1) is 26.8 Å². The lowest BCUT2D eigenvalue weighted by atomic mass is 10.1. The van der Waals surface area contributed by atoms with Crippen molar-refractivity contribution in [2.24, 2.45) is 0 Å². The fourth-order valence-corrected chi connectivity index (χ4v) is 4.15. The maximum atomic E-state index is 12.7. The van der Waals surface area contributed by atoms with Crippen LogP contribution in [0.3, 0.4) is 0 Å². The minimum atomic E-state index is -0.301. The van der Waals surface area contributed by atoms with E-state index >= 15 is 0 Å². The van der Waals surface area contributed by atoms with Crippen LogP contribution in [0.15, 0.2) is 46.9 Å². The summed E-state index contributed by atoms with van der Waals surface area (Å²) in [6.07, 6.45) is 2.16. The van der Waals surface area contributed by atoms with Crippen LogP contribution in [-0.4, -0.2) is 77.0 Å². The number of hydrogen-bond acceptors (Lipinski definition) is 8. The molecule has 0 saturated carbocycles. The maximum Gasteiger partial charge on any atom is 0.311 e. The van der Waals surface area contributed by atoms with Crippen LogP contribution < -0.4 is 9.47 Å². The van der Waals surface area contributed by atoms with Crippen molar-refractivity contribution in [2.45, 2.75) is 39.3 Å². The molecule has 1 amide bonds. The standard InChI is InChI=1S/C27H34N4O5/c1-4-5-12-30(13-14-32)16-20-6-11-24(19(2)15-20)35-23-17-31(18-23)27(33)26-29-28-25(36-26)21-7-9-22(34-3)10-8-21/h6-11,15,23,32H,4-5,12-14,16-18H2,1-3H3. The molecule has 0 bridgehead atoms. The van der Waals surface area contributed by atoms with Gasteiger partial charge >= 0.3 is 11.8 Å². The second-order valence-electron chi connectivity index (χ2n) is 9.04. The van der Waals surface area contributed by atoms with Gasteiger partial charge in [0.2, 0.25) is 5.89 Å². The fourth-order valence-electron chi connectivity index (χ4n) is 4.15. The number of amides is 1. The van der Waals surface area contributed by atoms with E-state index in [4.69, 9.17) is 13.9 Å². The molecular weight excluding hydrogens is 460 g/mol. The summed E-state index contributed by atoms with van der Waals surface area (Å²) >= 11 is 0. The SMILES string of the molecule is CCCCN(CCO)Cc1ccc(OC2CN(C(=O)c3nnc(-c4ccc(OC)cc4)o3)C2)c(C)c1. The topological polar surface area (TPSA) is 101 Å². The van der Waals surface area contributed by atoms with Gasteiger partial charge < -0.3 is 23.9 Å². The molecule has 2 heterocycles. The zero-order valence-corrected chi connectivity index (χ0v) is 21.1. The van der Waals surface area contributed by atoms with Crippen LogP contribution in [0, 0.1) is 6.92 Å². The number of likely N-dealkylation sites (tertiary alicyclic amines) is 1. The number of methoxy groups -OCH3 is 1. The summed E-state index contributed by atoms with van der Waals surface area (Å²) in [6, 6.07) is 13.4. The first-order valence-corrected chi connectivity index (χ1v) is 12.4.